The molecular formula is C25H31N10O27P5-6. The van der Waals surface area contributed by atoms with E-state index in [1.165, 1.54) is 0 Å². The number of nitrogen functional groups attached to an aromatic ring is 1. The van der Waals surface area contributed by atoms with Crippen molar-refractivity contribution in [3.63, 3.8) is 0 Å². The Bertz CT molecular complexity index is 2780. The molecule has 7 heterocycles. The molecule has 3 aliphatic heterocycles. The average molecular weight is 1060 g/mol. The van der Waals surface area contributed by atoms with Crippen molar-refractivity contribution in [1.82, 2.24) is 39.0 Å². The number of aliphatic hydroxyl groups excluding tert-OH is 6. The Hall–Kier alpha value is -3.19. The minimum Gasteiger partial charge on any atom is -0.790 e. The summed E-state index contributed by atoms with van der Waals surface area (Å²) in [6.45, 7) is -3.63. The molecule has 4 aromatic heterocycles. The standard InChI is InChI=1S/C25H37N10O27P5/c26-18-10-19(28-4-27-18)34(5-29-10)23-16(40)13(37)8(58-23)2-55-65(48,49)61-64(46,47)54-1-7-12(36)15(39)22(57-7)33-25-31-20-11(21(42)32-25)30-6-35(20)24-17(41)14(38)9(59-24)3-56-66(50,51)62-67(52,53)60-63(43,44)45/h4-9,12-17,22-24,36-41H,1-3H2,(H,46,47)(H,48,49)(H,50,51)(H,52,53)(H2,26,27,28)(H2,43,44,45)(H2,31,32,33,42)/p-6/t7-,8-,9-,12-,13-,14-,15-,16-,17-,22?,23-,24-/m1/s1. The molecule has 42 heteroatoms. The second-order valence-electron chi connectivity index (χ2n) is 14.0. The Balaban J connectivity index is 0.931. The van der Waals surface area contributed by atoms with Crippen molar-refractivity contribution in [2.24, 2.45) is 0 Å². The number of ether oxygens (including phenoxy) is 3. The van der Waals surface area contributed by atoms with Gasteiger partial charge in [-0.25, -0.2) is 28.6 Å². The molecule has 0 aliphatic carbocycles. The minimum atomic E-state index is -6.34. The lowest BCUT2D eigenvalue weighted by Crippen LogP contribution is -2.37. The van der Waals surface area contributed by atoms with E-state index in [4.69, 9.17) is 19.9 Å². The number of nitrogens with one attached hydrogen (secondary N) is 2. The number of nitrogens with two attached hydrogens (primary N) is 1. The lowest BCUT2D eigenvalue weighted by molar-refractivity contribution is -0.339. The number of nitrogens with zero attached hydrogens (tertiary/aromatic N) is 7. The molecule has 7 rings (SSSR count). The van der Waals surface area contributed by atoms with Crippen LogP contribution >= 0.6 is 39.1 Å². The van der Waals surface area contributed by atoms with Crippen molar-refractivity contribution < 1.29 is 124 Å². The Labute approximate surface area is 369 Å². The number of fused-ring (bicyclic) bond motifs is 2. The van der Waals surface area contributed by atoms with E-state index in [0.29, 0.717) is 0 Å². The van der Waals surface area contributed by atoms with Crippen LogP contribution in [-0.4, -0.2) is 151 Å². The summed E-state index contributed by atoms with van der Waals surface area (Å²) in [6, 6.07) is 0. The molecule has 3 aliphatic rings. The fraction of sp³-hybridized carbons (Fsp3) is 0.600. The summed E-state index contributed by atoms with van der Waals surface area (Å²) in [4.78, 5) is 104. The Morgan fingerprint density at radius 1 is 0.627 bits per heavy atom. The molecule has 10 N–H and O–H groups in total. The van der Waals surface area contributed by atoms with Crippen LogP contribution in [0, 0.1) is 0 Å². The van der Waals surface area contributed by atoms with Crippen LogP contribution in [0.25, 0.3) is 22.3 Å². The number of aromatic nitrogens is 8. The lowest BCUT2D eigenvalue weighted by Gasteiger charge is -2.37. The third-order valence-corrected chi connectivity index (χ3v) is 15.7. The number of aliphatic hydroxyl groups is 6. The molecular weight excluding hydrogens is 1030 g/mol. The summed E-state index contributed by atoms with van der Waals surface area (Å²) >= 11 is 0. The zero-order chi connectivity index (χ0) is 49.2. The second kappa shape index (κ2) is 19.2. The van der Waals surface area contributed by atoms with Crippen molar-refractivity contribution in [3.8, 4) is 0 Å². The normalized spacial score (nSPS) is 32.8. The predicted octanol–water partition coefficient (Wildman–Crippen LogP) is -8.56. The Kier molecular flexibility index (Phi) is 14.8. The predicted molar refractivity (Wildman–Crippen MR) is 193 cm³/mol. The smallest absolute Gasteiger partial charge is 0.280 e. The minimum absolute atomic E-state index is 0.0224. The molecule has 67 heavy (non-hydrogen) atoms. The number of hydrogen-bond acceptors (Lipinski definition) is 34. The van der Waals surface area contributed by atoms with E-state index in [1.807, 2.05) is 0 Å². The molecule has 0 spiro atoms. The third kappa shape index (κ3) is 11.7. The SMILES string of the molecule is Nc1ncnc2c1ncn2[C@@H]1O[C@H](COP(=O)([O-])OP(=O)([O-])OC[C@H]2OC(Nc3nc4c(ncn4[C@@H]4O[C@H](COP(=O)([O-])OP(=O)([O-])OP(=O)([O-])[O-])[C@@H](O)[C@H]4O)c(=O)[nH]3)[C@H](O)[C@@H]2O)[C@@H](O)[C@H]1O. The van der Waals surface area contributed by atoms with Gasteiger partial charge in [0.05, 0.1) is 40.3 Å². The zero-order valence-corrected chi connectivity index (χ0v) is 37.0. The van der Waals surface area contributed by atoms with Crippen LogP contribution in [0.3, 0.4) is 0 Å². The fourth-order valence-corrected chi connectivity index (χ4v) is 11.4. The van der Waals surface area contributed by atoms with Crippen LogP contribution in [0.1, 0.15) is 12.5 Å². The van der Waals surface area contributed by atoms with Crippen molar-refractivity contribution in [2.75, 3.05) is 30.9 Å². The van der Waals surface area contributed by atoms with Gasteiger partial charge in [0.15, 0.2) is 41.3 Å². The van der Waals surface area contributed by atoms with Gasteiger partial charge in [0.2, 0.25) is 5.95 Å². The molecule has 5 unspecified atom stereocenters. The van der Waals surface area contributed by atoms with E-state index in [0.717, 1.165) is 28.1 Å². The van der Waals surface area contributed by atoms with E-state index in [9.17, 15) is 87.6 Å². The van der Waals surface area contributed by atoms with Crippen LogP contribution in [0.2, 0.25) is 0 Å². The highest BCUT2D eigenvalue weighted by Gasteiger charge is 2.47. The maximum absolute atomic E-state index is 12.9. The van der Waals surface area contributed by atoms with Crippen LogP contribution in [-0.2, 0) is 63.5 Å². The molecule has 0 bridgehead atoms. The van der Waals surface area contributed by atoms with Crippen molar-refractivity contribution in [2.45, 2.75) is 73.6 Å². The zero-order valence-electron chi connectivity index (χ0n) is 32.5. The van der Waals surface area contributed by atoms with Crippen molar-refractivity contribution >= 4 is 73.2 Å². The van der Waals surface area contributed by atoms with Gasteiger partial charge in [0, 0.05) is 0 Å². The summed E-state index contributed by atoms with van der Waals surface area (Å²) < 4.78 is 101. The summed E-state index contributed by atoms with van der Waals surface area (Å²) in [5.74, 6) is -0.597. The first-order valence-corrected chi connectivity index (χ1v) is 25.4. The first-order valence-electron chi connectivity index (χ1n) is 18.1. The van der Waals surface area contributed by atoms with Gasteiger partial charge in [-0.05, 0) is 0 Å². The summed E-state index contributed by atoms with van der Waals surface area (Å²) in [5, 5.41) is 65.8. The van der Waals surface area contributed by atoms with E-state index in [1.54, 1.807) is 0 Å². The van der Waals surface area contributed by atoms with Gasteiger partial charge in [-0.1, -0.05) is 0 Å². The number of aromatic amines is 1. The van der Waals surface area contributed by atoms with Crippen LogP contribution in [0.5, 0.6) is 0 Å². The molecule has 3 saturated heterocycles. The van der Waals surface area contributed by atoms with E-state index in [-0.39, 0.29) is 17.0 Å². The average Bonchev–Trinajstić information content (AvgIpc) is 4.01. The maximum Gasteiger partial charge on any atom is 0.280 e. The molecule has 0 radical (unpaired) electrons. The van der Waals surface area contributed by atoms with Gasteiger partial charge >= 0.3 is 0 Å². The number of phosphoric acid groups is 5. The van der Waals surface area contributed by atoms with E-state index < -0.39 is 155 Å². The highest BCUT2D eigenvalue weighted by atomic mass is 31.3. The highest BCUT2D eigenvalue weighted by Crippen LogP contribution is 2.61. The Morgan fingerprint density at radius 2 is 1.09 bits per heavy atom. The molecule has 0 aromatic carbocycles. The first kappa shape index (κ1) is 51.7. The lowest BCUT2D eigenvalue weighted by atomic mass is 10.1. The van der Waals surface area contributed by atoms with Crippen molar-refractivity contribution in [1.29, 1.82) is 0 Å². The van der Waals surface area contributed by atoms with Crippen LogP contribution < -0.4 is 46.0 Å². The van der Waals surface area contributed by atoms with Gasteiger partial charge in [0.25, 0.3) is 36.9 Å². The second-order valence-corrected chi connectivity index (χ2v) is 21.2. The topological polar surface area (TPSA) is 573 Å². The third-order valence-electron chi connectivity index (χ3n) is 9.47. The highest BCUT2D eigenvalue weighted by molar-refractivity contribution is 7.64. The van der Waals surface area contributed by atoms with E-state index >= 15 is 0 Å². The molecule has 0 saturated carbocycles. The molecule has 0 amide bonds. The maximum atomic E-state index is 12.9. The van der Waals surface area contributed by atoms with Gasteiger partial charge in [-0.2, -0.15) is 4.98 Å². The Morgan fingerprint density at radius 3 is 1.61 bits per heavy atom. The molecule has 37 nitrogen and oxygen atoms in total. The number of phosphoric ester groups is 3. The first-order chi connectivity index (χ1) is 31.0. The van der Waals surface area contributed by atoms with Gasteiger partial charge < -0.3 is 103 Å². The number of H-pyrrole nitrogens is 1. The van der Waals surface area contributed by atoms with Crippen LogP contribution in [0.4, 0.5) is 11.8 Å². The number of anilines is 2. The molecule has 16 atom stereocenters. The largest absolute Gasteiger partial charge is 0.790 e. The number of imidazole rings is 2. The molecule has 374 valence electrons. The fourth-order valence-electron chi connectivity index (χ4n) is 6.52. The monoisotopic (exact) mass is 1060 g/mol. The molecule has 4 aromatic rings. The molecule has 3 fully saturated rings. The van der Waals surface area contributed by atoms with Crippen molar-refractivity contribution in [3.05, 3.63) is 29.3 Å². The van der Waals surface area contributed by atoms with Gasteiger partial charge in [-0.3, -0.25) is 41.5 Å². The number of rotatable bonds is 19. The van der Waals surface area contributed by atoms with E-state index in [2.05, 4.69) is 61.7 Å². The summed E-state index contributed by atoms with van der Waals surface area (Å²) in [5.41, 5.74) is 4.00. The quantitative estimate of drug-likeness (QED) is 0.0394. The summed E-state index contributed by atoms with van der Waals surface area (Å²) in [6.07, 6.45) is -18.6. The van der Waals surface area contributed by atoms with Crippen LogP contribution in [0.15, 0.2) is 23.8 Å². The summed E-state index contributed by atoms with van der Waals surface area (Å²) in [7, 11) is -30.5. The van der Waals surface area contributed by atoms with Gasteiger partial charge in [-0.15, -0.1) is 0 Å². The van der Waals surface area contributed by atoms with Gasteiger partial charge in [0.1, 0.15) is 66.8 Å². The number of hydrogen-bond donors (Lipinski definition) is 9.